The van der Waals surface area contributed by atoms with Gasteiger partial charge in [-0.1, -0.05) is 6.07 Å². The van der Waals surface area contributed by atoms with Crippen molar-refractivity contribution >= 4 is 5.82 Å². The highest BCUT2D eigenvalue weighted by Gasteiger charge is 2.36. The van der Waals surface area contributed by atoms with Crippen LogP contribution in [0.2, 0.25) is 0 Å². The number of aliphatic hydroxyl groups excluding tert-OH is 1. The smallest absolute Gasteiger partial charge is 0.128 e. The number of pyridine rings is 1. The molecule has 1 aromatic heterocycles. The molecule has 6 heteroatoms. The zero-order valence-electron chi connectivity index (χ0n) is 14.1. The number of piperidine rings is 1. The molecule has 0 radical (unpaired) electrons. The standard InChI is InChI=1S/C17H28N4O2/c1-17(23)5-6-21(13-15(17)22)16-4-3-14(11-18-16)12-20-9-7-19(2)8-10-20/h3-4,11,15,22-23H,5-10,12-13H2,1-2H3/t15-,17-/m1/s1. The van der Waals surface area contributed by atoms with Crippen molar-refractivity contribution in [3.63, 3.8) is 0 Å². The Bertz CT molecular complexity index is 512. The highest BCUT2D eigenvalue weighted by Crippen LogP contribution is 2.25. The normalized spacial score (nSPS) is 30.6. The second-order valence-electron chi connectivity index (χ2n) is 7.17. The summed E-state index contributed by atoms with van der Waals surface area (Å²) in [6.07, 6.45) is 1.76. The van der Waals surface area contributed by atoms with Crippen LogP contribution in [0.15, 0.2) is 18.3 Å². The Labute approximate surface area is 138 Å². The van der Waals surface area contributed by atoms with E-state index >= 15 is 0 Å². The van der Waals surface area contributed by atoms with Gasteiger partial charge in [-0.15, -0.1) is 0 Å². The summed E-state index contributed by atoms with van der Waals surface area (Å²) in [5.74, 6) is 0.877. The minimum atomic E-state index is -0.988. The molecule has 0 amide bonds. The maximum absolute atomic E-state index is 10.0. The van der Waals surface area contributed by atoms with E-state index in [9.17, 15) is 10.2 Å². The number of hydrogen-bond acceptors (Lipinski definition) is 6. The maximum Gasteiger partial charge on any atom is 0.128 e. The molecule has 3 heterocycles. The fourth-order valence-electron chi connectivity index (χ4n) is 3.19. The average Bonchev–Trinajstić information content (AvgIpc) is 2.53. The minimum absolute atomic E-state index is 0.428. The zero-order chi connectivity index (χ0) is 16.4. The summed E-state index contributed by atoms with van der Waals surface area (Å²) in [6, 6.07) is 4.15. The van der Waals surface area contributed by atoms with Crippen LogP contribution in [0.3, 0.4) is 0 Å². The topological polar surface area (TPSA) is 63.1 Å². The van der Waals surface area contributed by atoms with E-state index in [-0.39, 0.29) is 0 Å². The van der Waals surface area contributed by atoms with Gasteiger partial charge in [0.05, 0.1) is 11.7 Å². The largest absolute Gasteiger partial charge is 0.388 e. The van der Waals surface area contributed by atoms with E-state index in [4.69, 9.17) is 0 Å². The van der Waals surface area contributed by atoms with Crippen molar-refractivity contribution in [2.45, 2.75) is 31.6 Å². The first-order valence-corrected chi connectivity index (χ1v) is 8.45. The van der Waals surface area contributed by atoms with Crippen LogP contribution in [0.25, 0.3) is 0 Å². The molecule has 128 valence electrons. The van der Waals surface area contributed by atoms with E-state index in [0.29, 0.717) is 13.0 Å². The molecular weight excluding hydrogens is 292 g/mol. The Balaban J connectivity index is 1.57. The Morgan fingerprint density at radius 2 is 1.96 bits per heavy atom. The lowest BCUT2D eigenvalue weighted by Crippen LogP contribution is -2.54. The molecule has 0 unspecified atom stereocenters. The third kappa shape index (κ3) is 4.01. The number of aliphatic hydroxyl groups is 2. The Hall–Kier alpha value is -1.21. The number of hydrogen-bond donors (Lipinski definition) is 2. The van der Waals surface area contributed by atoms with Crippen molar-refractivity contribution in [3.8, 4) is 0 Å². The van der Waals surface area contributed by atoms with Crippen LogP contribution < -0.4 is 4.90 Å². The van der Waals surface area contributed by atoms with Gasteiger partial charge >= 0.3 is 0 Å². The number of rotatable bonds is 3. The molecule has 0 spiro atoms. The van der Waals surface area contributed by atoms with Crippen LogP contribution in [-0.2, 0) is 6.54 Å². The van der Waals surface area contributed by atoms with Crippen molar-refractivity contribution < 1.29 is 10.2 Å². The highest BCUT2D eigenvalue weighted by molar-refractivity contribution is 5.40. The van der Waals surface area contributed by atoms with Crippen LogP contribution in [0.1, 0.15) is 18.9 Å². The van der Waals surface area contributed by atoms with Crippen LogP contribution in [0.4, 0.5) is 5.82 Å². The van der Waals surface area contributed by atoms with Crippen molar-refractivity contribution in [2.24, 2.45) is 0 Å². The lowest BCUT2D eigenvalue weighted by molar-refractivity contribution is -0.0722. The molecule has 6 nitrogen and oxygen atoms in total. The van der Waals surface area contributed by atoms with Gasteiger partial charge in [0.25, 0.3) is 0 Å². The molecule has 23 heavy (non-hydrogen) atoms. The van der Waals surface area contributed by atoms with Crippen molar-refractivity contribution in [3.05, 3.63) is 23.9 Å². The molecule has 3 rings (SSSR count). The minimum Gasteiger partial charge on any atom is -0.388 e. The lowest BCUT2D eigenvalue weighted by Gasteiger charge is -2.40. The van der Waals surface area contributed by atoms with Crippen LogP contribution in [-0.4, -0.2) is 83.0 Å². The first kappa shape index (κ1) is 16.6. The van der Waals surface area contributed by atoms with Gasteiger partial charge in [0, 0.05) is 52.0 Å². The summed E-state index contributed by atoms with van der Waals surface area (Å²) in [6.45, 7) is 8.23. The predicted octanol–water partition coefficient (Wildman–Crippen LogP) is 0.151. The molecule has 0 aliphatic carbocycles. The molecule has 0 saturated carbocycles. The third-order valence-corrected chi connectivity index (χ3v) is 5.13. The van der Waals surface area contributed by atoms with Crippen LogP contribution >= 0.6 is 0 Å². The van der Waals surface area contributed by atoms with Crippen molar-refractivity contribution in [1.29, 1.82) is 0 Å². The van der Waals surface area contributed by atoms with Gasteiger partial charge in [0.1, 0.15) is 5.82 Å². The van der Waals surface area contributed by atoms with Crippen LogP contribution in [0, 0.1) is 0 Å². The third-order valence-electron chi connectivity index (χ3n) is 5.13. The molecule has 2 N–H and O–H groups in total. The molecule has 1 aromatic rings. The Morgan fingerprint density at radius 3 is 2.57 bits per heavy atom. The first-order valence-electron chi connectivity index (χ1n) is 8.45. The molecular formula is C17H28N4O2. The summed E-state index contributed by atoms with van der Waals surface area (Å²) in [7, 11) is 2.16. The molecule has 2 atom stereocenters. The van der Waals surface area contributed by atoms with Crippen LogP contribution in [0.5, 0.6) is 0 Å². The fourth-order valence-corrected chi connectivity index (χ4v) is 3.19. The Kier molecular flexibility index (Phi) is 4.87. The van der Waals surface area contributed by atoms with Gasteiger partial charge in [-0.3, -0.25) is 4.90 Å². The summed E-state index contributed by atoms with van der Waals surface area (Å²) in [5.41, 5.74) is 0.237. The first-order chi connectivity index (χ1) is 10.9. The number of anilines is 1. The van der Waals surface area contributed by atoms with E-state index in [1.807, 2.05) is 17.2 Å². The van der Waals surface area contributed by atoms with Crippen molar-refractivity contribution in [2.75, 3.05) is 51.2 Å². The van der Waals surface area contributed by atoms with Gasteiger partial charge in [0.15, 0.2) is 0 Å². The lowest BCUT2D eigenvalue weighted by atomic mass is 9.91. The number of β-amino-alcohol motifs (C(OH)–C–C–N with tert-alkyl or cyclic N) is 1. The van der Waals surface area contributed by atoms with Crippen molar-refractivity contribution in [1.82, 2.24) is 14.8 Å². The number of aromatic nitrogens is 1. The SMILES string of the molecule is CN1CCN(Cc2ccc(N3CC[C@@](C)(O)[C@H](O)C3)nc2)CC1. The summed E-state index contributed by atoms with van der Waals surface area (Å²) >= 11 is 0. The van der Waals surface area contributed by atoms with E-state index in [0.717, 1.165) is 45.1 Å². The zero-order valence-corrected chi connectivity index (χ0v) is 14.1. The van der Waals surface area contributed by atoms with E-state index < -0.39 is 11.7 Å². The molecule has 2 fully saturated rings. The van der Waals surface area contributed by atoms with Gasteiger partial charge < -0.3 is 20.0 Å². The highest BCUT2D eigenvalue weighted by atomic mass is 16.3. The Morgan fingerprint density at radius 1 is 1.22 bits per heavy atom. The summed E-state index contributed by atoms with van der Waals surface area (Å²) in [5, 5.41) is 20.1. The molecule has 0 aromatic carbocycles. The quantitative estimate of drug-likeness (QED) is 0.827. The number of piperazine rings is 1. The summed E-state index contributed by atoms with van der Waals surface area (Å²) < 4.78 is 0. The van der Waals surface area contributed by atoms with Gasteiger partial charge in [-0.25, -0.2) is 4.98 Å². The number of likely N-dealkylation sites (N-methyl/N-ethyl adjacent to an activating group) is 1. The molecule has 2 aliphatic heterocycles. The van der Waals surface area contributed by atoms with E-state index in [1.54, 1.807) is 6.92 Å². The second kappa shape index (κ2) is 6.73. The van der Waals surface area contributed by atoms with Gasteiger partial charge in [0.2, 0.25) is 0 Å². The monoisotopic (exact) mass is 320 g/mol. The predicted molar refractivity (Wildman–Crippen MR) is 90.5 cm³/mol. The maximum atomic E-state index is 10.0. The fraction of sp³-hybridized carbons (Fsp3) is 0.706. The summed E-state index contributed by atoms with van der Waals surface area (Å²) in [4.78, 5) is 11.4. The van der Waals surface area contributed by atoms with Gasteiger partial charge in [-0.05, 0) is 32.0 Å². The van der Waals surface area contributed by atoms with E-state index in [2.05, 4.69) is 27.9 Å². The second-order valence-corrected chi connectivity index (χ2v) is 7.17. The average molecular weight is 320 g/mol. The number of nitrogens with zero attached hydrogens (tertiary/aromatic N) is 4. The molecule has 2 aliphatic rings. The molecule has 2 saturated heterocycles. The van der Waals surface area contributed by atoms with E-state index in [1.165, 1.54) is 5.56 Å². The van der Waals surface area contributed by atoms with Gasteiger partial charge in [-0.2, -0.15) is 0 Å². The molecule has 0 bridgehead atoms.